The van der Waals surface area contributed by atoms with Gasteiger partial charge in [0.1, 0.15) is 12.6 Å². The maximum Gasteiger partial charge on any atom is 0.244 e. The molecule has 2 amide bonds. The molecule has 0 aromatic heterocycles. The number of nitrogens with zero attached hydrogens (tertiary/aromatic N) is 2. The zero-order valence-electron chi connectivity index (χ0n) is 21.5. The maximum atomic E-state index is 13.9. The Balaban J connectivity index is 2.04. The van der Waals surface area contributed by atoms with Crippen LogP contribution in [0.5, 0.6) is 0 Å². The van der Waals surface area contributed by atoms with Gasteiger partial charge in [-0.05, 0) is 61.4 Å². The summed E-state index contributed by atoms with van der Waals surface area (Å²) in [5, 5.41) is 3.89. The standard InChI is InChI=1S/C28H31Cl2N3O4S/c1-20(2)31-28(35)26(17-21-7-5-4-6-8-21)32(18-22-9-11-23(29)12-10-22)27(34)19-33(38(3,36)37)25-15-13-24(30)14-16-25/h4-16,20,26H,17-19H2,1-3H3,(H,31,35)/t26-/m1/s1. The second-order valence-electron chi connectivity index (χ2n) is 9.26. The molecule has 0 heterocycles. The van der Waals surface area contributed by atoms with Crippen LogP contribution in [-0.4, -0.2) is 50.0 Å². The highest BCUT2D eigenvalue weighted by molar-refractivity contribution is 7.92. The van der Waals surface area contributed by atoms with Gasteiger partial charge in [-0.2, -0.15) is 0 Å². The third kappa shape index (κ3) is 8.48. The van der Waals surface area contributed by atoms with Crippen molar-refractivity contribution in [3.8, 4) is 0 Å². The van der Waals surface area contributed by atoms with E-state index in [-0.39, 0.29) is 24.9 Å². The van der Waals surface area contributed by atoms with Gasteiger partial charge in [0, 0.05) is 29.1 Å². The summed E-state index contributed by atoms with van der Waals surface area (Å²) < 4.78 is 26.5. The summed E-state index contributed by atoms with van der Waals surface area (Å²) in [5.41, 5.74) is 1.90. The Morgan fingerprint density at radius 1 is 0.842 bits per heavy atom. The predicted octanol–water partition coefficient (Wildman–Crippen LogP) is 4.92. The summed E-state index contributed by atoms with van der Waals surface area (Å²) in [6.45, 7) is 3.27. The van der Waals surface area contributed by atoms with Crippen molar-refractivity contribution in [2.75, 3.05) is 17.1 Å². The van der Waals surface area contributed by atoms with Crippen LogP contribution in [0.15, 0.2) is 78.9 Å². The lowest BCUT2D eigenvalue weighted by atomic mass is 10.0. The summed E-state index contributed by atoms with van der Waals surface area (Å²) in [4.78, 5) is 28.8. The first kappa shape index (κ1) is 29.5. The lowest BCUT2D eigenvalue weighted by Gasteiger charge is -2.34. The van der Waals surface area contributed by atoms with Crippen LogP contribution in [0.3, 0.4) is 0 Å². The molecule has 0 bridgehead atoms. The van der Waals surface area contributed by atoms with Crippen molar-refractivity contribution in [1.82, 2.24) is 10.2 Å². The Kier molecular flexibility index (Phi) is 10.2. The highest BCUT2D eigenvalue weighted by Crippen LogP contribution is 2.22. The van der Waals surface area contributed by atoms with Crippen LogP contribution < -0.4 is 9.62 Å². The lowest BCUT2D eigenvalue weighted by Crippen LogP contribution is -2.54. The topological polar surface area (TPSA) is 86.8 Å². The predicted molar refractivity (Wildman–Crippen MR) is 153 cm³/mol. The Bertz CT molecular complexity index is 1330. The highest BCUT2D eigenvalue weighted by Gasteiger charge is 2.33. The molecule has 7 nitrogen and oxygen atoms in total. The Hall–Kier alpha value is -3.07. The number of benzene rings is 3. The van der Waals surface area contributed by atoms with Gasteiger partial charge in [-0.1, -0.05) is 65.7 Å². The molecule has 0 saturated carbocycles. The van der Waals surface area contributed by atoms with Gasteiger partial charge >= 0.3 is 0 Å². The van der Waals surface area contributed by atoms with Gasteiger partial charge in [-0.25, -0.2) is 8.42 Å². The molecule has 0 radical (unpaired) electrons. The van der Waals surface area contributed by atoms with E-state index in [0.29, 0.717) is 15.7 Å². The third-order valence-corrected chi connectivity index (χ3v) is 7.41. The van der Waals surface area contributed by atoms with Crippen LogP contribution in [0.25, 0.3) is 0 Å². The molecule has 202 valence electrons. The summed E-state index contributed by atoms with van der Waals surface area (Å²) >= 11 is 12.0. The van der Waals surface area contributed by atoms with Gasteiger partial charge in [-0.3, -0.25) is 13.9 Å². The zero-order chi connectivity index (χ0) is 27.9. The van der Waals surface area contributed by atoms with E-state index >= 15 is 0 Å². The molecule has 3 rings (SSSR count). The van der Waals surface area contributed by atoms with E-state index in [9.17, 15) is 18.0 Å². The van der Waals surface area contributed by atoms with Crippen LogP contribution in [-0.2, 0) is 32.6 Å². The van der Waals surface area contributed by atoms with E-state index in [0.717, 1.165) is 21.7 Å². The fraction of sp³-hybridized carbons (Fsp3) is 0.286. The van der Waals surface area contributed by atoms with Gasteiger partial charge in [0.25, 0.3) is 0 Å². The van der Waals surface area contributed by atoms with Gasteiger partial charge in [-0.15, -0.1) is 0 Å². The van der Waals surface area contributed by atoms with Gasteiger partial charge < -0.3 is 10.2 Å². The number of sulfonamides is 1. The van der Waals surface area contributed by atoms with Crippen molar-refractivity contribution in [1.29, 1.82) is 0 Å². The number of halogens is 2. The molecular weight excluding hydrogens is 545 g/mol. The Labute approximate surface area is 234 Å². The largest absolute Gasteiger partial charge is 0.352 e. The summed E-state index contributed by atoms with van der Waals surface area (Å²) in [6, 6.07) is 21.5. The third-order valence-electron chi connectivity index (χ3n) is 5.76. The molecule has 0 aliphatic heterocycles. The fourth-order valence-corrected chi connectivity index (χ4v) is 5.04. The van der Waals surface area contributed by atoms with E-state index in [2.05, 4.69) is 5.32 Å². The van der Waals surface area contributed by atoms with E-state index < -0.39 is 28.5 Å². The normalized spacial score (nSPS) is 12.2. The second-order valence-corrected chi connectivity index (χ2v) is 12.0. The average molecular weight is 577 g/mol. The monoisotopic (exact) mass is 575 g/mol. The average Bonchev–Trinajstić information content (AvgIpc) is 2.86. The SMILES string of the molecule is CC(C)NC(=O)[C@@H](Cc1ccccc1)N(Cc1ccc(Cl)cc1)C(=O)CN(c1ccc(Cl)cc1)S(C)(=O)=O. The molecule has 0 aliphatic rings. The molecule has 0 aliphatic carbocycles. The number of carbonyl (C=O) groups is 2. The molecule has 3 aromatic rings. The molecule has 0 spiro atoms. The minimum Gasteiger partial charge on any atom is -0.352 e. The summed E-state index contributed by atoms with van der Waals surface area (Å²) in [6.07, 6.45) is 1.28. The molecule has 0 saturated heterocycles. The smallest absolute Gasteiger partial charge is 0.244 e. The Morgan fingerprint density at radius 3 is 1.92 bits per heavy atom. The van der Waals surface area contributed by atoms with E-state index in [1.54, 1.807) is 36.4 Å². The van der Waals surface area contributed by atoms with Crippen molar-refractivity contribution in [2.45, 2.75) is 38.9 Å². The van der Waals surface area contributed by atoms with E-state index in [1.807, 2.05) is 44.2 Å². The first-order valence-corrected chi connectivity index (χ1v) is 14.7. The quantitative estimate of drug-likeness (QED) is 0.351. The van der Waals surface area contributed by atoms with E-state index in [1.165, 1.54) is 17.0 Å². The zero-order valence-corrected chi connectivity index (χ0v) is 23.8. The fourth-order valence-electron chi connectivity index (χ4n) is 3.94. The first-order valence-electron chi connectivity index (χ1n) is 12.1. The van der Waals surface area contributed by atoms with Crippen molar-refractivity contribution in [3.63, 3.8) is 0 Å². The number of hydrogen-bond donors (Lipinski definition) is 1. The van der Waals surface area contributed by atoms with Crippen molar-refractivity contribution < 1.29 is 18.0 Å². The molecule has 0 unspecified atom stereocenters. The van der Waals surface area contributed by atoms with Gasteiger partial charge in [0.15, 0.2) is 0 Å². The number of nitrogens with one attached hydrogen (secondary N) is 1. The van der Waals surface area contributed by atoms with Crippen LogP contribution in [0, 0.1) is 0 Å². The molecule has 10 heteroatoms. The number of amides is 2. The Morgan fingerprint density at radius 2 is 1.39 bits per heavy atom. The minimum atomic E-state index is -3.84. The van der Waals surface area contributed by atoms with Crippen LogP contribution in [0.1, 0.15) is 25.0 Å². The maximum absolute atomic E-state index is 13.9. The molecular formula is C28H31Cl2N3O4S. The van der Waals surface area contributed by atoms with Crippen LogP contribution in [0.4, 0.5) is 5.69 Å². The number of rotatable bonds is 11. The number of carbonyl (C=O) groups excluding carboxylic acids is 2. The van der Waals surface area contributed by atoms with Crippen molar-refractivity contribution in [2.24, 2.45) is 0 Å². The highest BCUT2D eigenvalue weighted by atomic mass is 35.5. The summed E-state index contributed by atoms with van der Waals surface area (Å²) in [7, 11) is -3.84. The van der Waals surface area contributed by atoms with Gasteiger partial charge in [0.05, 0.1) is 11.9 Å². The molecule has 0 fully saturated rings. The van der Waals surface area contributed by atoms with Crippen LogP contribution in [0.2, 0.25) is 10.0 Å². The minimum absolute atomic E-state index is 0.0806. The van der Waals surface area contributed by atoms with E-state index in [4.69, 9.17) is 23.2 Å². The molecule has 1 N–H and O–H groups in total. The number of hydrogen-bond acceptors (Lipinski definition) is 4. The van der Waals surface area contributed by atoms with Crippen molar-refractivity contribution in [3.05, 3.63) is 100 Å². The molecule has 1 atom stereocenters. The molecule has 3 aromatic carbocycles. The molecule has 38 heavy (non-hydrogen) atoms. The number of anilines is 1. The van der Waals surface area contributed by atoms with Crippen molar-refractivity contribution >= 4 is 50.7 Å². The van der Waals surface area contributed by atoms with Crippen LogP contribution >= 0.6 is 23.2 Å². The summed E-state index contributed by atoms with van der Waals surface area (Å²) in [5.74, 6) is -0.858. The second kappa shape index (κ2) is 13.1. The van der Waals surface area contributed by atoms with Gasteiger partial charge in [0.2, 0.25) is 21.8 Å². The lowest BCUT2D eigenvalue weighted by molar-refractivity contribution is -0.140. The first-order chi connectivity index (χ1) is 17.9.